The second-order valence-electron chi connectivity index (χ2n) is 28.5. The van der Waals surface area contributed by atoms with Gasteiger partial charge in [0.05, 0.1) is 73.1 Å². The molecule has 0 spiro atoms. The van der Waals surface area contributed by atoms with Gasteiger partial charge in [-0.15, -0.1) is 13.2 Å². The number of aliphatic hydroxyl groups is 1. The highest BCUT2D eigenvalue weighted by Crippen LogP contribution is 2.49. The normalized spacial score (nSPS) is 34.0. The highest BCUT2D eigenvalue weighted by atomic mass is 28.4. The first kappa shape index (κ1) is 64.9. The average molecular weight is 1240 g/mol. The Morgan fingerprint density at radius 2 is 1.26 bits per heavy atom. The van der Waals surface area contributed by atoms with Gasteiger partial charge in [0.25, 0.3) is 16.6 Å². The van der Waals surface area contributed by atoms with Crippen LogP contribution in [0.1, 0.15) is 132 Å². The predicted molar refractivity (Wildman–Crippen MR) is 350 cm³/mol. The lowest BCUT2D eigenvalue weighted by molar-refractivity contribution is -0.264. The fraction of sp³-hybridized carbons (Fsp3) is 0.554. The molecule has 0 radical (unpaired) electrons. The lowest BCUT2D eigenvalue weighted by Crippen LogP contribution is -2.73. The van der Waals surface area contributed by atoms with Gasteiger partial charge < -0.3 is 51.9 Å². The standard InChI is InChI=1S/C74H98O12Si2/c1-13-51(75)44-64-68(85-87(72(6,7)8,55-28-19-15-20-29-55)56-30-21-16-22-31-56)69-70(83-64)71(86-88(73(9,10)11,57-32-23-17-24-33-57)58-34-25-18-26-35-58)67-60(82-69)39-37-54(80-67)45-66(76)81-62-47-65-74(12,40-27-41-77-65)84-63(62)46-61-50(5)48(3)42-53(79-61)36-38-59-49(4)43-52(14-2)78-59/h13-26,28-35,48,51-54,59-65,67-71,75H,1-2,4-5,27,36-47H2,3,6-12H3/t48-,51?,52+,53+,54-,59+,60+,61-,62?,63?,64-,65?,67+,68+,69+,70-,71+,74?/m1/s1. The van der Waals surface area contributed by atoms with Gasteiger partial charge in [0, 0.05) is 32.3 Å². The Hall–Kier alpha value is -4.66. The zero-order valence-corrected chi connectivity index (χ0v) is 55.5. The van der Waals surface area contributed by atoms with Crippen LogP contribution in [-0.4, -0.2) is 138 Å². The summed E-state index contributed by atoms with van der Waals surface area (Å²) < 4.78 is 72.4. The molecule has 4 aromatic carbocycles. The number of carbonyl (C=O) groups excluding carboxylic acids is 1. The molecule has 0 aromatic heterocycles. The SMILES string of the molecule is C=CC(O)C[C@H]1O[C@H]2[C@@H](O[Si](c3ccccc3)(c3ccccc3)C(C)(C)C)[C@H]3O[C@@H](CC(=O)OC4CC5OCCCC5(C)OC4C[C@H]4O[C@@H](CC[C@@H]5O[C@@H](C=C)CC5=C)C[C@@H](C)C4=C)CC[C@@H]3O[C@H]2[C@H]1O[Si](c1ccccc1)(c1ccccc1)C(C)(C)C. The molecule has 7 aliphatic rings. The van der Waals surface area contributed by atoms with E-state index in [2.05, 4.69) is 203 Å². The third-order valence-corrected chi connectivity index (χ3v) is 30.6. The molecule has 18 atom stereocenters. The van der Waals surface area contributed by atoms with E-state index in [1.807, 2.05) is 6.08 Å². The highest BCUT2D eigenvalue weighted by Gasteiger charge is 2.65. The summed E-state index contributed by atoms with van der Waals surface area (Å²) in [5, 5.41) is 15.3. The maximum atomic E-state index is 14.9. The van der Waals surface area contributed by atoms with Crippen LogP contribution in [-0.2, 0) is 51.5 Å². The van der Waals surface area contributed by atoms with Crippen LogP contribution >= 0.6 is 0 Å². The number of hydrogen-bond acceptors (Lipinski definition) is 12. The molecule has 1 N–H and O–H groups in total. The van der Waals surface area contributed by atoms with Crippen molar-refractivity contribution >= 4 is 43.4 Å². The summed E-state index contributed by atoms with van der Waals surface area (Å²) in [5.41, 5.74) is 1.61. The van der Waals surface area contributed by atoms with Gasteiger partial charge in [-0.05, 0) is 99.8 Å². The summed E-state index contributed by atoms with van der Waals surface area (Å²) >= 11 is 0. The van der Waals surface area contributed by atoms with Crippen molar-refractivity contribution in [3.63, 3.8) is 0 Å². The number of hydrogen-bond donors (Lipinski definition) is 1. The van der Waals surface area contributed by atoms with Crippen LogP contribution in [0.5, 0.6) is 0 Å². The summed E-state index contributed by atoms with van der Waals surface area (Å²) in [5.74, 6) is -0.127. The van der Waals surface area contributed by atoms with Gasteiger partial charge >= 0.3 is 5.97 Å². The highest BCUT2D eigenvalue weighted by molar-refractivity contribution is 7.00. The minimum absolute atomic E-state index is 0.00470. The largest absolute Gasteiger partial charge is 0.459 e. The van der Waals surface area contributed by atoms with Gasteiger partial charge in [-0.25, -0.2) is 0 Å². The Morgan fingerprint density at radius 3 is 1.81 bits per heavy atom. The van der Waals surface area contributed by atoms with Crippen LogP contribution in [0.4, 0.5) is 0 Å². The zero-order chi connectivity index (χ0) is 62.2. The lowest BCUT2D eigenvalue weighted by Gasteiger charge is -2.53. The molecule has 7 heterocycles. The quantitative estimate of drug-likeness (QED) is 0.0514. The monoisotopic (exact) mass is 1230 g/mol. The first-order valence-corrected chi connectivity index (χ1v) is 36.6. The van der Waals surface area contributed by atoms with Gasteiger partial charge in [0.1, 0.15) is 36.6 Å². The molecule has 0 saturated carbocycles. The Balaban J connectivity index is 0.908. The topological polar surface area (TPSA) is 130 Å². The predicted octanol–water partition coefficient (Wildman–Crippen LogP) is 11.3. The van der Waals surface area contributed by atoms with E-state index in [0.29, 0.717) is 32.3 Å². The summed E-state index contributed by atoms with van der Waals surface area (Å²) in [7, 11) is -6.62. The Morgan fingerprint density at radius 1 is 0.693 bits per heavy atom. The number of ether oxygens (including phenoxy) is 8. The zero-order valence-electron chi connectivity index (χ0n) is 53.5. The van der Waals surface area contributed by atoms with Crippen LogP contribution in [0.25, 0.3) is 0 Å². The molecule has 0 bridgehead atoms. The Labute approximate surface area is 526 Å². The molecule has 474 valence electrons. The molecule has 4 aromatic rings. The van der Waals surface area contributed by atoms with Crippen LogP contribution in [0.3, 0.4) is 0 Å². The minimum Gasteiger partial charge on any atom is -0.459 e. The van der Waals surface area contributed by atoms with E-state index in [9.17, 15) is 9.90 Å². The van der Waals surface area contributed by atoms with Gasteiger partial charge in [0.15, 0.2) is 0 Å². The van der Waals surface area contributed by atoms with E-state index < -0.39 is 94.4 Å². The van der Waals surface area contributed by atoms with Crippen molar-refractivity contribution in [2.24, 2.45) is 5.92 Å². The fourth-order valence-electron chi connectivity index (χ4n) is 15.9. The molecule has 0 aliphatic carbocycles. The maximum absolute atomic E-state index is 14.9. The first-order valence-electron chi connectivity index (χ1n) is 32.8. The molecule has 11 rings (SSSR count). The molecular formula is C74H98O12Si2. The Bertz CT molecular complexity index is 2940. The van der Waals surface area contributed by atoms with Gasteiger partial charge in [-0.3, -0.25) is 4.79 Å². The second kappa shape index (κ2) is 26.9. The van der Waals surface area contributed by atoms with Gasteiger partial charge in [0.2, 0.25) is 0 Å². The molecule has 14 heteroatoms. The minimum atomic E-state index is -3.36. The summed E-state index contributed by atoms with van der Waals surface area (Å²) in [4.78, 5) is 14.9. The van der Waals surface area contributed by atoms with Crippen LogP contribution in [0.2, 0.25) is 10.1 Å². The van der Waals surface area contributed by atoms with Crippen molar-refractivity contribution in [3.8, 4) is 0 Å². The van der Waals surface area contributed by atoms with Gasteiger partial charge in [-0.1, -0.05) is 195 Å². The number of fused-ring (bicyclic) bond motifs is 3. The summed E-state index contributed by atoms with van der Waals surface area (Å²) in [6, 6.07) is 42.6. The second-order valence-corrected chi connectivity index (χ2v) is 37.0. The average Bonchev–Trinajstić information content (AvgIpc) is 1.33. The molecule has 7 aliphatic heterocycles. The molecular weight excluding hydrogens is 1140 g/mol. The lowest BCUT2D eigenvalue weighted by atomic mass is 9.80. The number of benzene rings is 4. The van der Waals surface area contributed by atoms with Gasteiger partial charge in [-0.2, -0.15) is 0 Å². The first-order chi connectivity index (χ1) is 42.1. The van der Waals surface area contributed by atoms with E-state index in [4.69, 9.17) is 46.7 Å². The molecule has 5 unspecified atom stereocenters. The fourth-order valence-corrected chi connectivity index (χ4v) is 25.3. The molecule has 7 saturated heterocycles. The molecule has 88 heavy (non-hydrogen) atoms. The molecule has 0 amide bonds. The maximum Gasteiger partial charge on any atom is 0.308 e. The summed E-state index contributed by atoms with van der Waals surface area (Å²) in [6.07, 6.45) is 3.39. The van der Waals surface area contributed by atoms with Crippen molar-refractivity contribution in [2.75, 3.05) is 6.61 Å². The Kier molecular flexibility index (Phi) is 19.8. The number of aliphatic hydroxyl groups excluding tert-OH is 1. The van der Waals surface area contributed by atoms with Crippen molar-refractivity contribution in [1.29, 1.82) is 0 Å². The third-order valence-electron chi connectivity index (χ3n) is 20.5. The smallest absolute Gasteiger partial charge is 0.308 e. The van der Waals surface area contributed by atoms with Crippen LogP contribution in [0, 0.1) is 5.92 Å². The molecule has 7 fully saturated rings. The van der Waals surface area contributed by atoms with E-state index in [0.717, 1.165) is 70.4 Å². The number of esters is 1. The van der Waals surface area contributed by atoms with E-state index in [1.54, 1.807) is 6.08 Å². The van der Waals surface area contributed by atoms with Crippen molar-refractivity contribution in [1.82, 2.24) is 0 Å². The number of rotatable bonds is 20. The van der Waals surface area contributed by atoms with Crippen molar-refractivity contribution < 1.29 is 56.6 Å². The van der Waals surface area contributed by atoms with Crippen LogP contribution in [0.15, 0.2) is 171 Å². The third kappa shape index (κ3) is 13.1. The van der Waals surface area contributed by atoms with Crippen LogP contribution < -0.4 is 20.7 Å². The number of carbonyl (C=O) groups is 1. The molecule has 12 nitrogen and oxygen atoms in total. The summed E-state index contributed by atoms with van der Waals surface area (Å²) in [6.45, 7) is 35.6. The van der Waals surface area contributed by atoms with Crippen molar-refractivity contribution in [2.45, 2.75) is 246 Å². The van der Waals surface area contributed by atoms with E-state index in [1.165, 1.54) is 0 Å². The van der Waals surface area contributed by atoms with E-state index in [-0.39, 0.29) is 60.3 Å². The van der Waals surface area contributed by atoms with Crippen molar-refractivity contribution in [3.05, 3.63) is 171 Å². The van der Waals surface area contributed by atoms with E-state index >= 15 is 0 Å².